The monoisotopic (exact) mass is 576 g/mol. The number of nitrogens with zero attached hydrogens (tertiary/aromatic N) is 5. The number of rotatable bonds is 6. The Morgan fingerprint density at radius 3 is 1.97 bits per heavy atom. The number of carbonyl (C=O) groups excluding carboxylic acids is 2. The number of aryl methyl sites for hydroxylation is 4. The molecule has 4 aromatic heterocycles. The maximum atomic E-state index is 10.9. The Bertz CT molecular complexity index is 1330. The molecule has 0 saturated carbocycles. The van der Waals surface area contributed by atoms with Crippen molar-refractivity contribution in [3.05, 3.63) is 56.0 Å². The minimum Gasteiger partial charge on any atom is -0.313 e. The summed E-state index contributed by atoms with van der Waals surface area (Å²) >= 11 is 6.97. The molecule has 4 rings (SSSR count). The van der Waals surface area contributed by atoms with Gasteiger partial charge < -0.3 is 10.2 Å². The molecule has 4 heterocycles. The van der Waals surface area contributed by atoms with Crippen molar-refractivity contribution in [3.63, 3.8) is 0 Å². The van der Waals surface area contributed by atoms with Gasteiger partial charge in [-0.25, -0.2) is 9.97 Å². The van der Waals surface area contributed by atoms with E-state index in [9.17, 15) is 9.59 Å². The molecule has 0 saturated heterocycles. The van der Waals surface area contributed by atoms with Gasteiger partial charge in [-0.3, -0.25) is 18.4 Å². The van der Waals surface area contributed by atoms with E-state index in [2.05, 4.69) is 47.1 Å². The van der Waals surface area contributed by atoms with Crippen LogP contribution in [0, 0.1) is 13.8 Å². The van der Waals surface area contributed by atoms with Crippen molar-refractivity contribution < 1.29 is 9.59 Å². The van der Waals surface area contributed by atoms with E-state index in [1.807, 2.05) is 61.0 Å². The number of halogens is 2. The normalized spacial score (nSPS) is 10.8. The third-order valence-electron chi connectivity index (χ3n) is 5.28. The zero-order chi connectivity index (χ0) is 24.3. The Morgan fingerprint density at radius 2 is 1.45 bits per heavy atom. The number of fused-ring (bicyclic) bond motifs is 2. The highest BCUT2D eigenvalue weighted by Crippen LogP contribution is 2.26. The molecule has 0 aliphatic carbocycles. The Balaban J connectivity index is 0.000000186. The summed E-state index contributed by atoms with van der Waals surface area (Å²) in [4.78, 5) is 32.1. The van der Waals surface area contributed by atoms with Gasteiger partial charge in [-0.2, -0.15) is 0 Å². The number of imidazole rings is 2. The minimum atomic E-state index is 0.677. The summed E-state index contributed by atoms with van der Waals surface area (Å²) < 4.78 is 5.81. The van der Waals surface area contributed by atoms with Crippen molar-refractivity contribution in [2.75, 3.05) is 17.3 Å². The van der Waals surface area contributed by atoms with Gasteiger partial charge in [0.05, 0.1) is 11.4 Å². The van der Waals surface area contributed by atoms with Crippen LogP contribution in [0.1, 0.15) is 36.4 Å². The quantitative estimate of drug-likeness (QED) is 0.323. The molecule has 0 aromatic carbocycles. The number of amides is 2. The fourth-order valence-corrected chi connectivity index (χ4v) is 4.16. The van der Waals surface area contributed by atoms with Gasteiger partial charge in [-0.1, -0.05) is 13.8 Å². The topological polar surface area (TPSA) is 84.0 Å². The van der Waals surface area contributed by atoms with Crippen LogP contribution >= 0.6 is 31.9 Å². The Hall–Kier alpha value is -2.72. The third kappa shape index (κ3) is 4.96. The number of hydrogen-bond donors (Lipinski definition) is 1. The van der Waals surface area contributed by atoms with E-state index in [4.69, 9.17) is 0 Å². The smallest absolute Gasteiger partial charge is 0.215 e. The van der Waals surface area contributed by atoms with Crippen LogP contribution in [0.15, 0.2) is 33.5 Å². The highest BCUT2D eigenvalue weighted by molar-refractivity contribution is 9.10. The first-order valence-corrected chi connectivity index (χ1v) is 12.1. The third-order valence-corrected chi connectivity index (χ3v) is 6.94. The molecule has 0 bridgehead atoms. The van der Waals surface area contributed by atoms with Crippen LogP contribution in [-0.4, -0.2) is 38.6 Å². The molecule has 0 aliphatic heterocycles. The van der Waals surface area contributed by atoms with Crippen molar-refractivity contribution in [3.8, 4) is 0 Å². The zero-order valence-electron chi connectivity index (χ0n) is 19.2. The summed E-state index contributed by atoms with van der Waals surface area (Å²) in [5, 5.41) is 2.70. The van der Waals surface area contributed by atoms with Gasteiger partial charge in [0.1, 0.15) is 22.9 Å². The van der Waals surface area contributed by atoms with Crippen LogP contribution in [0.5, 0.6) is 0 Å². The summed E-state index contributed by atoms with van der Waals surface area (Å²) in [5.74, 6) is 1.58. The van der Waals surface area contributed by atoms with Gasteiger partial charge >= 0.3 is 0 Å². The molecule has 174 valence electrons. The Morgan fingerprint density at radius 1 is 0.939 bits per heavy atom. The van der Waals surface area contributed by atoms with Crippen LogP contribution in [0.2, 0.25) is 0 Å². The SMILES string of the molecule is CCc1nc2cc(C)c(Br)cn2c1N(C)C=O.CCc1nc2cc(C)c(Br)cn2c1NC=O. The van der Waals surface area contributed by atoms with Gasteiger partial charge in [-0.05, 0) is 81.8 Å². The lowest BCUT2D eigenvalue weighted by atomic mass is 10.3. The van der Waals surface area contributed by atoms with Crippen molar-refractivity contribution in [2.24, 2.45) is 0 Å². The highest BCUT2D eigenvalue weighted by atomic mass is 79.9. The second-order valence-corrected chi connectivity index (χ2v) is 9.25. The predicted octanol–water partition coefficient (Wildman–Crippen LogP) is 5.10. The zero-order valence-corrected chi connectivity index (χ0v) is 22.4. The van der Waals surface area contributed by atoms with Crippen LogP contribution < -0.4 is 10.2 Å². The fourth-order valence-electron chi connectivity index (χ4n) is 3.52. The van der Waals surface area contributed by atoms with Crippen molar-refractivity contribution in [1.29, 1.82) is 0 Å². The molecule has 0 atom stereocenters. The molecule has 0 aliphatic rings. The first kappa shape index (κ1) is 24.9. The summed E-state index contributed by atoms with van der Waals surface area (Å²) in [6.45, 7) is 8.08. The lowest BCUT2D eigenvalue weighted by Gasteiger charge is -2.12. The second kappa shape index (κ2) is 10.5. The molecule has 1 N–H and O–H groups in total. The van der Waals surface area contributed by atoms with E-state index in [1.54, 1.807) is 11.9 Å². The molecule has 4 aromatic rings. The second-order valence-electron chi connectivity index (χ2n) is 7.54. The van der Waals surface area contributed by atoms with Gasteiger partial charge in [0, 0.05) is 28.4 Å². The number of aromatic nitrogens is 4. The number of nitrogens with one attached hydrogen (secondary N) is 1. The number of carbonyl (C=O) groups is 2. The molecule has 0 spiro atoms. The van der Waals surface area contributed by atoms with Crippen molar-refractivity contribution in [1.82, 2.24) is 18.8 Å². The van der Waals surface area contributed by atoms with Gasteiger partial charge in [-0.15, -0.1) is 0 Å². The Labute approximate surface area is 209 Å². The van der Waals surface area contributed by atoms with E-state index in [1.165, 1.54) is 0 Å². The standard InChI is InChI=1S/C12H14BrN3O.C11H12BrN3O/c1-4-10-12(15(3)7-17)16-6-9(13)8(2)5-11(16)14-10;1-3-9-11(13-6-16)15-5-8(12)7(2)4-10(15)14-9/h5-7H,4H2,1-3H3;4-6H,3H2,1-2H3,(H,13,16). The summed E-state index contributed by atoms with van der Waals surface area (Å²) in [5.41, 5.74) is 5.79. The van der Waals surface area contributed by atoms with Crippen LogP contribution in [-0.2, 0) is 22.4 Å². The maximum absolute atomic E-state index is 10.9. The van der Waals surface area contributed by atoms with Crippen LogP contribution in [0.3, 0.4) is 0 Å². The van der Waals surface area contributed by atoms with Gasteiger partial charge in [0.2, 0.25) is 12.8 Å². The van der Waals surface area contributed by atoms with Gasteiger partial charge in [0.15, 0.2) is 0 Å². The van der Waals surface area contributed by atoms with Crippen molar-refractivity contribution >= 4 is 67.6 Å². The summed E-state index contributed by atoms with van der Waals surface area (Å²) in [6, 6.07) is 3.99. The molecule has 0 fully saturated rings. The average Bonchev–Trinajstić information content (AvgIpc) is 3.32. The Kier molecular flexibility index (Phi) is 7.91. The van der Waals surface area contributed by atoms with Crippen LogP contribution in [0.4, 0.5) is 11.6 Å². The number of anilines is 2. The lowest BCUT2D eigenvalue weighted by Crippen LogP contribution is -2.17. The van der Waals surface area contributed by atoms with E-state index < -0.39 is 0 Å². The molecule has 8 nitrogen and oxygen atoms in total. The summed E-state index contributed by atoms with van der Waals surface area (Å²) in [7, 11) is 1.74. The molecule has 33 heavy (non-hydrogen) atoms. The molecule has 2 amide bonds. The first-order chi connectivity index (χ1) is 15.7. The van der Waals surface area contributed by atoms with Gasteiger partial charge in [0.25, 0.3) is 0 Å². The van der Waals surface area contributed by atoms with E-state index in [0.717, 1.165) is 73.6 Å². The fraction of sp³-hybridized carbons (Fsp3) is 0.304. The van der Waals surface area contributed by atoms with Crippen LogP contribution in [0.25, 0.3) is 11.3 Å². The first-order valence-electron chi connectivity index (χ1n) is 10.5. The summed E-state index contributed by atoms with van der Waals surface area (Å²) in [6.07, 6.45) is 6.93. The molecular weight excluding hydrogens is 552 g/mol. The number of hydrogen-bond acceptors (Lipinski definition) is 4. The largest absolute Gasteiger partial charge is 0.313 e. The van der Waals surface area contributed by atoms with E-state index >= 15 is 0 Å². The molecular formula is C23H26Br2N6O2. The molecule has 0 radical (unpaired) electrons. The number of pyridine rings is 2. The minimum absolute atomic E-state index is 0.677. The average molecular weight is 578 g/mol. The lowest BCUT2D eigenvalue weighted by molar-refractivity contribution is -0.107. The highest BCUT2D eigenvalue weighted by Gasteiger charge is 2.15. The van der Waals surface area contributed by atoms with Crippen molar-refractivity contribution in [2.45, 2.75) is 40.5 Å². The predicted molar refractivity (Wildman–Crippen MR) is 138 cm³/mol. The molecule has 10 heteroatoms. The molecule has 0 unspecified atom stereocenters. The van der Waals surface area contributed by atoms with E-state index in [0.29, 0.717) is 6.41 Å². The van der Waals surface area contributed by atoms with E-state index in [-0.39, 0.29) is 0 Å². The maximum Gasteiger partial charge on any atom is 0.215 e.